The zero-order chi connectivity index (χ0) is 20.5. The van der Waals surface area contributed by atoms with Gasteiger partial charge in [-0.3, -0.25) is 24.0 Å². The van der Waals surface area contributed by atoms with Crippen LogP contribution in [0.4, 0.5) is 5.69 Å². The number of H-pyrrole nitrogens is 1. The van der Waals surface area contributed by atoms with Gasteiger partial charge in [-0.1, -0.05) is 0 Å². The highest BCUT2D eigenvalue weighted by Gasteiger charge is 2.21. The second-order valence-corrected chi connectivity index (χ2v) is 6.82. The Balaban J connectivity index is 1.41. The van der Waals surface area contributed by atoms with E-state index in [4.69, 9.17) is 4.42 Å². The number of oxazole rings is 1. The Bertz CT molecular complexity index is 1150. The van der Waals surface area contributed by atoms with Gasteiger partial charge in [0.2, 0.25) is 11.6 Å². The van der Waals surface area contributed by atoms with Crippen molar-refractivity contribution in [3.05, 3.63) is 50.8 Å². The number of anilines is 1. The van der Waals surface area contributed by atoms with Gasteiger partial charge in [0.05, 0.1) is 18.4 Å². The summed E-state index contributed by atoms with van der Waals surface area (Å²) in [6.45, 7) is 3.54. The van der Waals surface area contributed by atoms with E-state index in [0.717, 1.165) is 36.4 Å². The van der Waals surface area contributed by atoms with E-state index in [9.17, 15) is 14.4 Å². The van der Waals surface area contributed by atoms with E-state index >= 15 is 0 Å². The molecule has 0 aliphatic carbocycles. The molecule has 2 N–H and O–H groups in total. The largest absolute Gasteiger partial charge is 0.423 e. The van der Waals surface area contributed by atoms with Crippen molar-refractivity contribution in [2.45, 2.75) is 6.54 Å². The minimum absolute atomic E-state index is 0.106. The molecule has 4 rings (SSSR count). The molecule has 0 unspecified atom stereocenters. The van der Waals surface area contributed by atoms with Crippen molar-refractivity contribution >= 4 is 22.8 Å². The number of hydrogen-bond acceptors (Lipinski definition) is 8. The average Bonchev–Trinajstić information content (AvgIpc) is 3.14. The molecule has 0 atom stereocenters. The van der Waals surface area contributed by atoms with E-state index in [1.165, 1.54) is 7.05 Å². The fourth-order valence-corrected chi connectivity index (χ4v) is 3.28. The van der Waals surface area contributed by atoms with Gasteiger partial charge in [0.25, 0.3) is 11.5 Å². The van der Waals surface area contributed by atoms with Crippen LogP contribution in [0.5, 0.6) is 0 Å². The summed E-state index contributed by atoms with van der Waals surface area (Å²) in [6, 6.07) is 3.60. The molecule has 4 heterocycles. The topological polar surface area (TPSA) is 129 Å². The maximum absolute atomic E-state index is 12.1. The quantitative estimate of drug-likeness (QED) is 0.589. The molecule has 0 aromatic carbocycles. The van der Waals surface area contributed by atoms with Crippen LogP contribution in [0.25, 0.3) is 11.2 Å². The molecule has 1 aliphatic rings. The first-order valence-electron chi connectivity index (χ1n) is 9.20. The number of nitrogens with one attached hydrogen (secondary N) is 2. The maximum atomic E-state index is 12.1. The second kappa shape index (κ2) is 7.51. The van der Waals surface area contributed by atoms with Gasteiger partial charge in [-0.2, -0.15) is 0 Å². The van der Waals surface area contributed by atoms with E-state index in [2.05, 4.69) is 30.1 Å². The normalized spacial score (nSPS) is 15.0. The van der Waals surface area contributed by atoms with E-state index in [1.54, 1.807) is 19.3 Å². The zero-order valence-electron chi connectivity index (χ0n) is 16.1. The minimum atomic E-state index is -0.533. The first-order valence-corrected chi connectivity index (χ1v) is 9.20. The van der Waals surface area contributed by atoms with Crippen LogP contribution >= 0.6 is 0 Å². The van der Waals surface area contributed by atoms with Gasteiger partial charge < -0.3 is 14.6 Å². The molecule has 29 heavy (non-hydrogen) atoms. The van der Waals surface area contributed by atoms with Gasteiger partial charge in [-0.15, -0.1) is 0 Å². The fraction of sp³-hybridized carbons (Fsp3) is 0.389. The number of carbonyl (C=O) groups excluding carboxylic acids is 1. The lowest BCUT2D eigenvalue weighted by atomic mass is 10.2. The molecule has 3 aromatic rings. The third-order valence-electron chi connectivity index (χ3n) is 5.01. The van der Waals surface area contributed by atoms with Crippen LogP contribution in [0.2, 0.25) is 0 Å². The number of fused-ring (bicyclic) bond motifs is 1. The van der Waals surface area contributed by atoms with Gasteiger partial charge in [-0.05, 0) is 12.1 Å². The van der Waals surface area contributed by atoms with Gasteiger partial charge >= 0.3 is 5.69 Å². The van der Waals surface area contributed by atoms with Crippen LogP contribution < -0.4 is 21.5 Å². The highest BCUT2D eigenvalue weighted by molar-refractivity contribution is 5.92. The molecule has 0 bridgehead atoms. The lowest BCUT2D eigenvalue weighted by Crippen LogP contribution is -2.46. The molecular formula is C18H21N7O4. The van der Waals surface area contributed by atoms with E-state index in [1.807, 2.05) is 6.07 Å². The first-order chi connectivity index (χ1) is 14.0. The number of carbonyl (C=O) groups is 1. The van der Waals surface area contributed by atoms with Crippen molar-refractivity contribution in [1.82, 2.24) is 29.7 Å². The first kappa shape index (κ1) is 18.9. The number of aromatic nitrogens is 4. The van der Waals surface area contributed by atoms with Gasteiger partial charge in [-0.25, -0.2) is 14.8 Å². The Kier molecular flexibility index (Phi) is 4.89. The fourth-order valence-electron chi connectivity index (χ4n) is 3.28. The highest BCUT2D eigenvalue weighted by Crippen LogP contribution is 2.17. The van der Waals surface area contributed by atoms with E-state index < -0.39 is 11.2 Å². The predicted octanol–water partition coefficient (Wildman–Crippen LogP) is -0.708. The molecule has 1 saturated heterocycles. The second-order valence-electron chi connectivity index (χ2n) is 6.82. The summed E-state index contributed by atoms with van der Waals surface area (Å²) in [5, 5.41) is 2.55. The molecule has 0 spiro atoms. The van der Waals surface area contributed by atoms with Crippen molar-refractivity contribution in [1.29, 1.82) is 0 Å². The molecule has 152 valence electrons. The third kappa shape index (κ3) is 3.63. The molecule has 3 aromatic heterocycles. The Morgan fingerprint density at radius 1 is 1.24 bits per heavy atom. The zero-order valence-corrected chi connectivity index (χ0v) is 16.1. The van der Waals surface area contributed by atoms with Crippen LogP contribution in [-0.2, 0) is 13.6 Å². The highest BCUT2D eigenvalue weighted by atomic mass is 16.4. The molecule has 0 saturated carbocycles. The molecule has 11 nitrogen and oxygen atoms in total. The molecular weight excluding hydrogens is 378 g/mol. The minimum Gasteiger partial charge on any atom is -0.423 e. The number of nitrogens with zero attached hydrogens (tertiary/aromatic N) is 5. The van der Waals surface area contributed by atoms with Crippen molar-refractivity contribution in [2.24, 2.45) is 7.05 Å². The third-order valence-corrected chi connectivity index (χ3v) is 5.01. The summed E-state index contributed by atoms with van der Waals surface area (Å²) in [5.41, 5.74) is 0.568. The van der Waals surface area contributed by atoms with Gasteiger partial charge in [0.1, 0.15) is 5.69 Å². The number of hydrogen-bond donors (Lipinski definition) is 2. The summed E-state index contributed by atoms with van der Waals surface area (Å²) >= 11 is 0. The van der Waals surface area contributed by atoms with Crippen molar-refractivity contribution in [3.63, 3.8) is 0 Å². The van der Waals surface area contributed by atoms with Crippen molar-refractivity contribution in [3.8, 4) is 0 Å². The number of pyridine rings is 1. The molecule has 1 fully saturated rings. The van der Waals surface area contributed by atoms with Crippen LogP contribution in [0.15, 0.2) is 32.3 Å². The lowest BCUT2D eigenvalue weighted by molar-refractivity contribution is 0.0958. The Morgan fingerprint density at radius 2 is 2.00 bits per heavy atom. The summed E-state index contributed by atoms with van der Waals surface area (Å²) in [5.74, 6) is 0.180. The predicted molar refractivity (Wildman–Crippen MR) is 105 cm³/mol. The molecule has 1 aliphatic heterocycles. The number of amides is 1. The van der Waals surface area contributed by atoms with E-state index in [-0.39, 0.29) is 17.1 Å². The molecule has 11 heteroatoms. The summed E-state index contributed by atoms with van der Waals surface area (Å²) in [6.07, 6.45) is 1.70. The van der Waals surface area contributed by atoms with Gasteiger partial charge in [0, 0.05) is 40.3 Å². The SMILES string of the molecule is CNC(=O)c1ccc(N2CCN(Cc3nc4c(=O)n(C)c(=O)[nH]c4o3)CC2)cn1. The Hall–Kier alpha value is -3.47. The van der Waals surface area contributed by atoms with Crippen LogP contribution in [0.1, 0.15) is 16.4 Å². The number of piperazine rings is 1. The lowest BCUT2D eigenvalue weighted by Gasteiger charge is -2.35. The van der Waals surface area contributed by atoms with Crippen molar-refractivity contribution < 1.29 is 9.21 Å². The van der Waals surface area contributed by atoms with Crippen LogP contribution in [0.3, 0.4) is 0 Å². The van der Waals surface area contributed by atoms with E-state index in [0.29, 0.717) is 18.1 Å². The summed E-state index contributed by atoms with van der Waals surface area (Å²) in [4.78, 5) is 50.7. The van der Waals surface area contributed by atoms with Crippen molar-refractivity contribution in [2.75, 3.05) is 38.1 Å². The standard InChI is InChI=1S/C18H21N7O4/c1-19-15(26)12-4-3-11(9-20-12)25-7-5-24(6-8-25)10-13-21-14-16(29-13)22-18(28)23(2)17(14)27/h3-4,9H,5-8,10H2,1-2H3,(H,19,26)(H,22,28). The Morgan fingerprint density at radius 3 is 2.66 bits per heavy atom. The number of rotatable bonds is 4. The molecule has 1 amide bonds. The average molecular weight is 399 g/mol. The van der Waals surface area contributed by atoms with Crippen LogP contribution in [0, 0.1) is 0 Å². The number of aromatic amines is 1. The molecule has 0 radical (unpaired) electrons. The summed E-state index contributed by atoms with van der Waals surface area (Å²) in [7, 11) is 2.97. The summed E-state index contributed by atoms with van der Waals surface area (Å²) < 4.78 is 6.53. The monoisotopic (exact) mass is 399 g/mol. The van der Waals surface area contributed by atoms with Gasteiger partial charge in [0.15, 0.2) is 5.52 Å². The smallest absolute Gasteiger partial charge is 0.330 e. The maximum Gasteiger partial charge on any atom is 0.330 e. The Labute approximate surface area is 165 Å². The van der Waals surface area contributed by atoms with Crippen LogP contribution in [-0.4, -0.2) is 63.6 Å².